The maximum Gasteiger partial charge on any atom is 0.170 e. The highest BCUT2D eigenvalue weighted by Gasteiger charge is 2.20. The van der Waals surface area contributed by atoms with Crippen molar-refractivity contribution in [1.29, 1.82) is 0 Å². The summed E-state index contributed by atoms with van der Waals surface area (Å²) in [6.07, 6.45) is 22.7. The molecule has 29 heavy (non-hydrogen) atoms. The maximum absolute atomic E-state index is 12.3. The zero-order valence-electron chi connectivity index (χ0n) is 17.9. The molecule has 0 aliphatic heterocycles. The van der Waals surface area contributed by atoms with Crippen LogP contribution in [0.5, 0.6) is 17.2 Å². The molecule has 0 bridgehead atoms. The summed E-state index contributed by atoms with van der Waals surface area (Å²) in [7, 11) is 0. The Morgan fingerprint density at radius 2 is 1.41 bits per heavy atom. The monoisotopic (exact) mass is 400 g/mol. The molecular formula is C25H36O4. The predicted molar refractivity (Wildman–Crippen MR) is 120 cm³/mol. The lowest BCUT2D eigenvalue weighted by Crippen LogP contribution is -2.01. The van der Waals surface area contributed by atoms with E-state index in [-0.39, 0.29) is 40.6 Å². The van der Waals surface area contributed by atoms with Crippen LogP contribution in [0.3, 0.4) is 0 Å². The van der Waals surface area contributed by atoms with Gasteiger partial charge in [0.1, 0.15) is 22.8 Å². The van der Waals surface area contributed by atoms with Crippen LogP contribution in [-0.2, 0) is 0 Å². The average molecular weight is 401 g/mol. The molecule has 0 amide bonds. The normalized spacial score (nSPS) is 11.9. The van der Waals surface area contributed by atoms with Crippen LogP contribution in [-0.4, -0.2) is 21.1 Å². The molecule has 0 saturated heterocycles. The van der Waals surface area contributed by atoms with E-state index in [1.54, 1.807) is 0 Å². The molecule has 160 valence electrons. The molecule has 0 fully saturated rings. The molecule has 0 unspecified atom stereocenters. The topological polar surface area (TPSA) is 77.8 Å². The number of phenolic OH excluding ortho intramolecular Hbond substituents is 3. The molecule has 0 spiro atoms. The van der Waals surface area contributed by atoms with Crippen molar-refractivity contribution in [2.75, 3.05) is 0 Å². The number of carbonyl (C=O) groups is 1. The number of aromatic hydroxyl groups is 3. The third-order valence-electron chi connectivity index (χ3n) is 4.84. The van der Waals surface area contributed by atoms with Crippen molar-refractivity contribution in [2.45, 2.75) is 78.1 Å². The van der Waals surface area contributed by atoms with E-state index < -0.39 is 0 Å². The van der Waals surface area contributed by atoms with E-state index in [2.05, 4.69) is 43.4 Å². The fraction of sp³-hybridized carbons (Fsp3) is 0.480. The molecule has 3 N–H and O–H groups in total. The Bertz CT molecular complexity index is 714. The number of benzene rings is 1. The van der Waals surface area contributed by atoms with Gasteiger partial charge in [-0.3, -0.25) is 4.79 Å². The standard InChI is InChI=1S/C25H36O4/c1-3-4-5-6-7-8-9-10-11-12-13-14-15-16-17-18-21(26)24-23(28)19-22(27)20(2)25(24)29/h4-5,7-8,10-11,19,27-29H,3,6,9,12-18H2,1-2H3/b5-4-,8-7-,11-10-. The van der Waals surface area contributed by atoms with Gasteiger partial charge in [0, 0.05) is 18.1 Å². The van der Waals surface area contributed by atoms with Crippen molar-refractivity contribution >= 4 is 5.78 Å². The molecule has 0 heterocycles. The summed E-state index contributed by atoms with van der Waals surface area (Å²) in [5.41, 5.74) is 0.129. The van der Waals surface area contributed by atoms with E-state index in [0.717, 1.165) is 63.9 Å². The van der Waals surface area contributed by atoms with Crippen molar-refractivity contribution in [1.82, 2.24) is 0 Å². The minimum atomic E-state index is -0.366. The second-order valence-corrected chi connectivity index (χ2v) is 7.29. The molecule has 1 aromatic carbocycles. The Morgan fingerprint density at radius 3 is 2.10 bits per heavy atom. The van der Waals surface area contributed by atoms with Crippen molar-refractivity contribution in [3.63, 3.8) is 0 Å². The van der Waals surface area contributed by atoms with Gasteiger partial charge in [-0.25, -0.2) is 0 Å². The number of rotatable bonds is 14. The molecule has 0 atom stereocenters. The zero-order chi connectivity index (χ0) is 21.5. The highest BCUT2D eigenvalue weighted by molar-refractivity contribution is 6.01. The van der Waals surface area contributed by atoms with Crippen LogP contribution in [0.15, 0.2) is 42.5 Å². The Kier molecular flexibility index (Phi) is 12.3. The summed E-state index contributed by atoms with van der Waals surface area (Å²) in [5.74, 6) is -1.20. The molecule has 0 saturated carbocycles. The van der Waals surface area contributed by atoms with Crippen molar-refractivity contribution in [3.05, 3.63) is 53.6 Å². The zero-order valence-corrected chi connectivity index (χ0v) is 17.9. The fourth-order valence-corrected chi connectivity index (χ4v) is 3.04. The first-order valence-electron chi connectivity index (χ1n) is 10.7. The number of hydrogen-bond donors (Lipinski definition) is 3. The maximum atomic E-state index is 12.3. The van der Waals surface area contributed by atoms with Crippen LogP contribution in [0.1, 0.15) is 87.1 Å². The first-order chi connectivity index (χ1) is 14.0. The molecule has 0 radical (unpaired) electrons. The molecular weight excluding hydrogens is 364 g/mol. The number of phenols is 3. The SMILES string of the molecule is CC/C=C\C/C=C\C/C=C\CCCCCCCC(=O)c1c(O)cc(O)c(C)c1O. The summed E-state index contributed by atoms with van der Waals surface area (Å²) in [5, 5.41) is 29.4. The second-order valence-electron chi connectivity index (χ2n) is 7.29. The van der Waals surface area contributed by atoms with Gasteiger partial charge >= 0.3 is 0 Å². The molecule has 1 rings (SSSR count). The van der Waals surface area contributed by atoms with Crippen LogP contribution < -0.4 is 0 Å². The van der Waals surface area contributed by atoms with Gasteiger partial charge in [0.25, 0.3) is 0 Å². The van der Waals surface area contributed by atoms with Gasteiger partial charge in [-0.05, 0) is 45.4 Å². The number of carbonyl (C=O) groups excluding carboxylic acids is 1. The quantitative estimate of drug-likeness (QED) is 0.181. The van der Waals surface area contributed by atoms with Crippen LogP contribution >= 0.6 is 0 Å². The number of Topliss-reactive ketones (excluding diaryl/α,β-unsaturated/α-hetero) is 1. The van der Waals surface area contributed by atoms with Gasteiger partial charge in [-0.15, -0.1) is 0 Å². The average Bonchev–Trinajstić information content (AvgIpc) is 2.69. The van der Waals surface area contributed by atoms with Gasteiger partial charge < -0.3 is 15.3 Å². The van der Waals surface area contributed by atoms with E-state index in [0.29, 0.717) is 0 Å². The summed E-state index contributed by atoms with van der Waals surface area (Å²) in [4.78, 5) is 12.3. The number of allylic oxidation sites excluding steroid dienone is 6. The Hall–Kier alpha value is -2.49. The van der Waals surface area contributed by atoms with Gasteiger partial charge in [-0.1, -0.05) is 62.6 Å². The predicted octanol–water partition coefficient (Wildman–Crippen LogP) is 6.88. The van der Waals surface area contributed by atoms with E-state index in [1.807, 2.05) is 0 Å². The lowest BCUT2D eigenvalue weighted by molar-refractivity contribution is 0.0973. The highest BCUT2D eigenvalue weighted by Crippen LogP contribution is 2.37. The minimum absolute atomic E-state index is 0.0825. The second kappa shape index (κ2) is 14.5. The van der Waals surface area contributed by atoms with Crippen molar-refractivity contribution in [2.24, 2.45) is 0 Å². The molecule has 1 aromatic rings. The van der Waals surface area contributed by atoms with Crippen LogP contribution in [0, 0.1) is 6.92 Å². The van der Waals surface area contributed by atoms with E-state index in [9.17, 15) is 20.1 Å². The molecule has 0 aromatic heterocycles. The third-order valence-corrected chi connectivity index (χ3v) is 4.84. The molecule has 0 aliphatic rings. The van der Waals surface area contributed by atoms with Crippen molar-refractivity contribution in [3.8, 4) is 17.2 Å². The summed E-state index contributed by atoms with van der Waals surface area (Å²) in [6.45, 7) is 3.65. The minimum Gasteiger partial charge on any atom is -0.507 e. The molecule has 4 heteroatoms. The first kappa shape index (κ1) is 24.5. The van der Waals surface area contributed by atoms with Crippen molar-refractivity contribution < 1.29 is 20.1 Å². The molecule has 4 nitrogen and oxygen atoms in total. The Morgan fingerprint density at radius 1 is 0.828 bits per heavy atom. The van der Waals surface area contributed by atoms with Gasteiger partial charge in [-0.2, -0.15) is 0 Å². The lowest BCUT2D eigenvalue weighted by Gasteiger charge is -2.10. The van der Waals surface area contributed by atoms with Crippen LogP contribution in [0.2, 0.25) is 0 Å². The lowest BCUT2D eigenvalue weighted by atomic mass is 9.99. The largest absolute Gasteiger partial charge is 0.507 e. The van der Waals surface area contributed by atoms with E-state index in [4.69, 9.17) is 0 Å². The van der Waals surface area contributed by atoms with E-state index in [1.165, 1.54) is 6.92 Å². The van der Waals surface area contributed by atoms with Crippen LogP contribution in [0.4, 0.5) is 0 Å². The summed E-state index contributed by atoms with van der Waals surface area (Å²) in [6, 6.07) is 1.11. The number of ketones is 1. The first-order valence-corrected chi connectivity index (χ1v) is 10.7. The molecule has 0 aliphatic carbocycles. The van der Waals surface area contributed by atoms with E-state index >= 15 is 0 Å². The summed E-state index contributed by atoms with van der Waals surface area (Å²) >= 11 is 0. The number of unbranched alkanes of at least 4 members (excludes halogenated alkanes) is 5. The number of hydrogen-bond acceptors (Lipinski definition) is 4. The Balaban J connectivity index is 2.13. The Labute approximate surface area is 175 Å². The van der Waals surface area contributed by atoms with Gasteiger partial charge in [0.15, 0.2) is 5.78 Å². The third kappa shape index (κ3) is 9.51. The van der Waals surface area contributed by atoms with Gasteiger partial charge in [0.05, 0.1) is 0 Å². The highest BCUT2D eigenvalue weighted by atomic mass is 16.3. The smallest absolute Gasteiger partial charge is 0.170 e. The van der Waals surface area contributed by atoms with Gasteiger partial charge in [0.2, 0.25) is 0 Å². The van der Waals surface area contributed by atoms with Crippen LogP contribution in [0.25, 0.3) is 0 Å². The fourth-order valence-electron chi connectivity index (χ4n) is 3.04. The summed E-state index contributed by atoms with van der Waals surface area (Å²) < 4.78 is 0.